The Morgan fingerprint density at radius 2 is 2.16 bits per heavy atom. The molecule has 0 fully saturated rings. The lowest BCUT2D eigenvalue weighted by Gasteiger charge is -2.13. The summed E-state index contributed by atoms with van der Waals surface area (Å²) in [5.41, 5.74) is 8.50. The minimum absolute atomic E-state index is 0.0328. The number of methoxy groups -OCH3 is 1. The number of aryl methyl sites for hydroxylation is 2. The van der Waals surface area contributed by atoms with E-state index in [4.69, 9.17) is 10.5 Å². The molecule has 0 aliphatic heterocycles. The SMILES string of the molecule is COc1ccc(Br)c(CC(N)c2sc(C)nc2C)c1. The van der Waals surface area contributed by atoms with Crippen LogP contribution in [0.25, 0.3) is 0 Å². The van der Waals surface area contributed by atoms with E-state index in [1.807, 2.05) is 32.0 Å². The topological polar surface area (TPSA) is 48.1 Å². The first-order valence-electron chi connectivity index (χ1n) is 6.03. The highest BCUT2D eigenvalue weighted by Crippen LogP contribution is 2.30. The van der Waals surface area contributed by atoms with Crippen molar-refractivity contribution < 1.29 is 4.74 Å². The van der Waals surface area contributed by atoms with E-state index in [2.05, 4.69) is 20.9 Å². The van der Waals surface area contributed by atoms with Crippen LogP contribution in [0.15, 0.2) is 22.7 Å². The summed E-state index contributed by atoms with van der Waals surface area (Å²) >= 11 is 5.24. The number of rotatable bonds is 4. The van der Waals surface area contributed by atoms with Crippen molar-refractivity contribution >= 4 is 27.3 Å². The van der Waals surface area contributed by atoms with E-state index in [0.29, 0.717) is 0 Å². The molecule has 0 amide bonds. The van der Waals surface area contributed by atoms with Gasteiger partial charge in [0.15, 0.2) is 0 Å². The third kappa shape index (κ3) is 3.35. The van der Waals surface area contributed by atoms with E-state index < -0.39 is 0 Å². The molecule has 1 unspecified atom stereocenters. The van der Waals surface area contributed by atoms with Crippen molar-refractivity contribution in [2.24, 2.45) is 5.73 Å². The number of ether oxygens (including phenoxy) is 1. The second kappa shape index (κ2) is 6.03. The van der Waals surface area contributed by atoms with Gasteiger partial charge in [0.2, 0.25) is 0 Å². The van der Waals surface area contributed by atoms with E-state index >= 15 is 0 Å². The molecule has 0 saturated carbocycles. The number of nitrogens with two attached hydrogens (primary N) is 1. The maximum atomic E-state index is 6.31. The van der Waals surface area contributed by atoms with Crippen LogP contribution in [0, 0.1) is 13.8 Å². The molecule has 2 N–H and O–H groups in total. The quantitative estimate of drug-likeness (QED) is 0.921. The fraction of sp³-hybridized carbons (Fsp3) is 0.357. The number of benzene rings is 1. The van der Waals surface area contributed by atoms with Crippen molar-refractivity contribution in [3.8, 4) is 5.75 Å². The van der Waals surface area contributed by atoms with Crippen LogP contribution < -0.4 is 10.5 Å². The average Bonchev–Trinajstić information content (AvgIpc) is 2.71. The van der Waals surface area contributed by atoms with Crippen LogP contribution in [0.2, 0.25) is 0 Å². The smallest absolute Gasteiger partial charge is 0.119 e. The summed E-state index contributed by atoms with van der Waals surface area (Å²) in [6.07, 6.45) is 0.764. The first-order valence-corrected chi connectivity index (χ1v) is 7.64. The van der Waals surface area contributed by atoms with Crippen molar-refractivity contribution in [3.63, 3.8) is 0 Å². The fourth-order valence-electron chi connectivity index (χ4n) is 2.06. The lowest BCUT2D eigenvalue weighted by atomic mass is 10.0. The fourth-order valence-corrected chi connectivity index (χ4v) is 3.39. The molecule has 3 nitrogen and oxygen atoms in total. The molecule has 1 aromatic carbocycles. The van der Waals surface area contributed by atoms with Crippen LogP contribution in [0.4, 0.5) is 0 Å². The maximum absolute atomic E-state index is 6.31. The van der Waals surface area contributed by atoms with Gasteiger partial charge in [-0.1, -0.05) is 15.9 Å². The maximum Gasteiger partial charge on any atom is 0.119 e. The molecular weight excluding hydrogens is 324 g/mol. The van der Waals surface area contributed by atoms with Gasteiger partial charge < -0.3 is 10.5 Å². The highest BCUT2D eigenvalue weighted by atomic mass is 79.9. The van der Waals surface area contributed by atoms with Crippen LogP contribution in [0.3, 0.4) is 0 Å². The molecule has 1 atom stereocenters. The summed E-state index contributed by atoms with van der Waals surface area (Å²) in [7, 11) is 1.67. The number of thiazole rings is 1. The van der Waals surface area contributed by atoms with Crippen LogP contribution >= 0.6 is 27.3 Å². The second-order valence-electron chi connectivity index (χ2n) is 4.45. The Hall–Kier alpha value is -0.910. The van der Waals surface area contributed by atoms with E-state index in [9.17, 15) is 0 Å². The second-order valence-corrected chi connectivity index (χ2v) is 6.54. The Labute approximate surface area is 125 Å². The first kappa shape index (κ1) is 14.5. The van der Waals surface area contributed by atoms with Gasteiger partial charge in [-0.05, 0) is 44.0 Å². The number of aromatic nitrogens is 1. The Morgan fingerprint density at radius 1 is 1.42 bits per heavy atom. The summed E-state index contributed by atoms with van der Waals surface area (Å²) in [5, 5.41) is 1.06. The third-order valence-electron chi connectivity index (χ3n) is 2.97. The summed E-state index contributed by atoms with van der Waals surface area (Å²) < 4.78 is 6.31. The zero-order chi connectivity index (χ0) is 14.0. The molecule has 1 heterocycles. The van der Waals surface area contributed by atoms with Crippen LogP contribution in [0.5, 0.6) is 5.75 Å². The number of halogens is 1. The van der Waals surface area contributed by atoms with E-state index in [0.717, 1.165) is 37.8 Å². The Kier molecular flexibility index (Phi) is 4.60. The Morgan fingerprint density at radius 3 is 2.74 bits per heavy atom. The third-order valence-corrected chi connectivity index (χ3v) is 4.95. The largest absolute Gasteiger partial charge is 0.497 e. The van der Waals surface area contributed by atoms with Gasteiger partial charge in [-0.15, -0.1) is 11.3 Å². The van der Waals surface area contributed by atoms with Gasteiger partial charge in [0.25, 0.3) is 0 Å². The standard InChI is InChI=1S/C14H17BrN2OS/c1-8-14(19-9(2)17-8)13(16)7-10-6-11(18-3)4-5-12(10)15/h4-6,13H,7,16H2,1-3H3. The molecule has 5 heteroatoms. The van der Waals surface area contributed by atoms with Gasteiger partial charge in [0.1, 0.15) is 5.75 Å². The molecule has 1 aromatic heterocycles. The van der Waals surface area contributed by atoms with Crippen LogP contribution in [0.1, 0.15) is 27.2 Å². The monoisotopic (exact) mass is 340 g/mol. The van der Waals surface area contributed by atoms with Crippen molar-refractivity contribution in [1.29, 1.82) is 0 Å². The van der Waals surface area contributed by atoms with Crippen LogP contribution in [-0.2, 0) is 6.42 Å². The summed E-state index contributed by atoms with van der Waals surface area (Å²) in [5.74, 6) is 0.850. The number of hydrogen-bond donors (Lipinski definition) is 1. The molecule has 19 heavy (non-hydrogen) atoms. The normalized spacial score (nSPS) is 12.5. The highest BCUT2D eigenvalue weighted by Gasteiger charge is 2.15. The van der Waals surface area contributed by atoms with Gasteiger partial charge in [-0.3, -0.25) is 0 Å². The molecular formula is C14H17BrN2OS. The van der Waals surface area contributed by atoms with Crippen LogP contribution in [-0.4, -0.2) is 12.1 Å². The molecule has 0 saturated heterocycles. The molecule has 0 aliphatic carbocycles. The van der Waals surface area contributed by atoms with Gasteiger partial charge in [0, 0.05) is 15.4 Å². The molecule has 0 spiro atoms. The minimum atomic E-state index is -0.0328. The predicted octanol–water partition coefficient (Wildman–Crippen LogP) is 3.77. The van der Waals surface area contributed by atoms with E-state index in [-0.39, 0.29) is 6.04 Å². The molecule has 2 rings (SSSR count). The average molecular weight is 341 g/mol. The van der Waals surface area contributed by atoms with Gasteiger partial charge in [-0.25, -0.2) is 4.98 Å². The zero-order valence-electron chi connectivity index (χ0n) is 11.2. The van der Waals surface area contributed by atoms with Gasteiger partial charge in [-0.2, -0.15) is 0 Å². The predicted molar refractivity (Wildman–Crippen MR) is 82.9 cm³/mol. The molecule has 0 aliphatic rings. The zero-order valence-corrected chi connectivity index (χ0v) is 13.6. The Balaban J connectivity index is 2.23. The highest BCUT2D eigenvalue weighted by molar-refractivity contribution is 9.10. The van der Waals surface area contributed by atoms with E-state index in [1.54, 1.807) is 18.4 Å². The van der Waals surface area contributed by atoms with Crippen molar-refractivity contribution in [2.75, 3.05) is 7.11 Å². The van der Waals surface area contributed by atoms with Gasteiger partial charge in [0.05, 0.1) is 17.8 Å². The molecule has 0 bridgehead atoms. The number of nitrogens with zero attached hydrogens (tertiary/aromatic N) is 1. The molecule has 2 aromatic rings. The van der Waals surface area contributed by atoms with Crippen molar-refractivity contribution in [1.82, 2.24) is 4.98 Å². The van der Waals surface area contributed by atoms with Crippen molar-refractivity contribution in [3.05, 3.63) is 43.8 Å². The lowest BCUT2D eigenvalue weighted by Crippen LogP contribution is -2.13. The van der Waals surface area contributed by atoms with Gasteiger partial charge >= 0.3 is 0 Å². The molecule has 102 valence electrons. The summed E-state index contributed by atoms with van der Waals surface area (Å²) in [4.78, 5) is 5.59. The number of hydrogen-bond acceptors (Lipinski definition) is 4. The summed E-state index contributed by atoms with van der Waals surface area (Å²) in [6, 6.07) is 5.91. The first-order chi connectivity index (χ1) is 9.01. The van der Waals surface area contributed by atoms with Crippen molar-refractivity contribution in [2.45, 2.75) is 26.3 Å². The Bertz CT molecular complexity index is 583. The minimum Gasteiger partial charge on any atom is -0.497 e. The molecule has 0 radical (unpaired) electrons. The lowest BCUT2D eigenvalue weighted by molar-refractivity contribution is 0.414. The summed E-state index contributed by atoms with van der Waals surface area (Å²) in [6.45, 7) is 4.02. The van der Waals surface area contributed by atoms with E-state index in [1.165, 1.54) is 0 Å².